The molecule has 0 atom stereocenters. The lowest BCUT2D eigenvalue weighted by Crippen LogP contribution is -2.16. The number of carbonyl (C=O) groups is 2. The molecule has 0 fully saturated rings. The number of carbonyl (C=O) groups excluding carboxylic acids is 2. The van der Waals surface area contributed by atoms with Crippen LogP contribution >= 0.6 is 0 Å². The summed E-state index contributed by atoms with van der Waals surface area (Å²) in [5.41, 5.74) is 1.46. The standard InChI is InChI=1S/C22H19FO6/c1-12-16-8-9-19(28-11-18(24)14-4-6-15(23)7-5-14)13(2)21(16)29-22(26)17(12)10-20(25)27-3/h4-9H,10-11H2,1-3H3. The summed E-state index contributed by atoms with van der Waals surface area (Å²) in [6.07, 6.45) is -0.177. The molecule has 29 heavy (non-hydrogen) atoms. The zero-order chi connectivity index (χ0) is 21.1. The van der Waals surface area contributed by atoms with E-state index in [0.717, 1.165) is 0 Å². The Balaban J connectivity index is 1.89. The van der Waals surface area contributed by atoms with Crippen molar-refractivity contribution in [1.82, 2.24) is 0 Å². The van der Waals surface area contributed by atoms with Crippen LogP contribution in [0.2, 0.25) is 0 Å². The largest absolute Gasteiger partial charge is 0.485 e. The van der Waals surface area contributed by atoms with Gasteiger partial charge in [0.25, 0.3) is 0 Å². The van der Waals surface area contributed by atoms with E-state index >= 15 is 0 Å². The van der Waals surface area contributed by atoms with Gasteiger partial charge in [-0.1, -0.05) is 0 Å². The first-order chi connectivity index (χ1) is 13.8. The Bertz CT molecular complexity index is 1140. The fourth-order valence-electron chi connectivity index (χ4n) is 3.01. The molecule has 2 aromatic carbocycles. The molecule has 0 aliphatic heterocycles. The molecule has 1 heterocycles. The second-order valence-electron chi connectivity index (χ2n) is 6.53. The van der Waals surface area contributed by atoms with Gasteiger partial charge in [0.2, 0.25) is 0 Å². The molecule has 0 unspecified atom stereocenters. The van der Waals surface area contributed by atoms with E-state index < -0.39 is 17.4 Å². The third kappa shape index (κ3) is 4.18. The summed E-state index contributed by atoms with van der Waals surface area (Å²) in [6, 6.07) is 8.57. The normalized spacial score (nSPS) is 10.8. The number of aryl methyl sites for hydroxylation is 2. The lowest BCUT2D eigenvalue weighted by molar-refractivity contribution is -0.139. The molecule has 0 N–H and O–H groups in total. The quantitative estimate of drug-likeness (QED) is 0.359. The van der Waals surface area contributed by atoms with Crippen molar-refractivity contribution in [3.05, 3.63) is 74.9 Å². The van der Waals surface area contributed by atoms with Crippen LogP contribution in [0, 0.1) is 19.7 Å². The van der Waals surface area contributed by atoms with E-state index in [2.05, 4.69) is 4.74 Å². The number of ketones is 1. The smallest absolute Gasteiger partial charge is 0.340 e. The minimum Gasteiger partial charge on any atom is -0.485 e. The number of ether oxygens (including phenoxy) is 2. The van der Waals surface area contributed by atoms with Crippen LogP contribution in [0.1, 0.15) is 27.0 Å². The monoisotopic (exact) mass is 398 g/mol. The molecule has 7 heteroatoms. The van der Waals surface area contributed by atoms with Gasteiger partial charge in [-0.05, 0) is 55.8 Å². The Hall–Kier alpha value is -3.48. The van der Waals surface area contributed by atoms with Crippen LogP contribution < -0.4 is 10.4 Å². The molecule has 3 rings (SSSR count). The number of Topliss-reactive ketones (excluding diaryl/α,β-unsaturated/α-hetero) is 1. The van der Waals surface area contributed by atoms with Gasteiger partial charge in [0.05, 0.1) is 19.1 Å². The average Bonchev–Trinajstić information content (AvgIpc) is 2.71. The van der Waals surface area contributed by atoms with Crippen molar-refractivity contribution in [3.63, 3.8) is 0 Å². The predicted molar refractivity (Wildman–Crippen MR) is 104 cm³/mol. The molecule has 0 spiro atoms. The second-order valence-corrected chi connectivity index (χ2v) is 6.53. The van der Waals surface area contributed by atoms with Crippen molar-refractivity contribution in [2.45, 2.75) is 20.3 Å². The van der Waals surface area contributed by atoms with E-state index in [0.29, 0.717) is 33.4 Å². The second kappa shape index (κ2) is 8.26. The SMILES string of the molecule is COC(=O)Cc1c(C)c2ccc(OCC(=O)c3ccc(F)cc3)c(C)c2oc1=O. The van der Waals surface area contributed by atoms with Crippen LogP contribution in [0.5, 0.6) is 5.75 Å². The van der Waals surface area contributed by atoms with Crippen LogP contribution in [-0.2, 0) is 16.0 Å². The zero-order valence-corrected chi connectivity index (χ0v) is 16.2. The first-order valence-corrected chi connectivity index (χ1v) is 8.86. The summed E-state index contributed by atoms with van der Waals surface area (Å²) in [5.74, 6) is -0.882. The first-order valence-electron chi connectivity index (χ1n) is 8.86. The van der Waals surface area contributed by atoms with Crippen LogP contribution in [0.4, 0.5) is 4.39 Å². The molecule has 0 amide bonds. The molecule has 0 saturated carbocycles. The molecule has 0 aliphatic rings. The van der Waals surface area contributed by atoms with Gasteiger partial charge in [0.1, 0.15) is 17.1 Å². The van der Waals surface area contributed by atoms with Crippen molar-refractivity contribution in [3.8, 4) is 5.75 Å². The molecule has 3 aromatic rings. The lowest BCUT2D eigenvalue weighted by Gasteiger charge is -2.13. The summed E-state index contributed by atoms with van der Waals surface area (Å²) in [5, 5.41) is 0.665. The maximum Gasteiger partial charge on any atom is 0.340 e. The fourth-order valence-corrected chi connectivity index (χ4v) is 3.01. The highest BCUT2D eigenvalue weighted by Crippen LogP contribution is 2.29. The summed E-state index contributed by atoms with van der Waals surface area (Å²) < 4.78 is 28.6. The number of methoxy groups -OCH3 is 1. The van der Waals surface area contributed by atoms with Crippen molar-refractivity contribution in [2.75, 3.05) is 13.7 Å². The van der Waals surface area contributed by atoms with Gasteiger partial charge in [-0.3, -0.25) is 9.59 Å². The van der Waals surface area contributed by atoms with Crippen molar-refractivity contribution < 1.29 is 27.9 Å². The predicted octanol–water partition coefficient (Wildman–Crippen LogP) is 3.53. The molecule has 0 bridgehead atoms. The number of halogens is 1. The Kier molecular flexibility index (Phi) is 5.77. The molecular formula is C22H19FO6. The van der Waals surface area contributed by atoms with Gasteiger partial charge in [-0.2, -0.15) is 0 Å². The minimum atomic E-state index is -0.622. The van der Waals surface area contributed by atoms with Crippen LogP contribution in [-0.4, -0.2) is 25.5 Å². The molecule has 0 saturated heterocycles. The lowest BCUT2D eigenvalue weighted by atomic mass is 10.0. The highest BCUT2D eigenvalue weighted by molar-refractivity contribution is 5.97. The van der Waals surface area contributed by atoms with Crippen molar-refractivity contribution in [1.29, 1.82) is 0 Å². The number of hydrogen-bond acceptors (Lipinski definition) is 6. The molecular weight excluding hydrogens is 379 g/mol. The zero-order valence-electron chi connectivity index (χ0n) is 16.2. The Morgan fingerprint density at radius 2 is 1.72 bits per heavy atom. The van der Waals surface area contributed by atoms with E-state index in [1.165, 1.54) is 31.4 Å². The van der Waals surface area contributed by atoms with E-state index in [-0.39, 0.29) is 24.4 Å². The molecule has 0 radical (unpaired) electrons. The third-order valence-corrected chi connectivity index (χ3v) is 4.73. The van der Waals surface area contributed by atoms with Gasteiger partial charge in [-0.15, -0.1) is 0 Å². The van der Waals surface area contributed by atoms with Gasteiger partial charge < -0.3 is 13.9 Å². The Morgan fingerprint density at radius 1 is 1.03 bits per heavy atom. The molecule has 0 aliphatic carbocycles. The summed E-state index contributed by atoms with van der Waals surface area (Å²) in [7, 11) is 1.25. The molecule has 150 valence electrons. The van der Waals surface area contributed by atoms with Gasteiger partial charge in [0, 0.05) is 16.5 Å². The maximum atomic E-state index is 13.0. The van der Waals surface area contributed by atoms with Crippen molar-refractivity contribution in [2.24, 2.45) is 0 Å². The number of fused-ring (bicyclic) bond motifs is 1. The van der Waals surface area contributed by atoms with Crippen LogP contribution in [0.15, 0.2) is 45.6 Å². The van der Waals surface area contributed by atoms with Crippen LogP contribution in [0.25, 0.3) is 11.0 Å². The van der Waals surface area contributed by atoms with E-state index in [1.54, 1.807) is 26.0 Å². The Morgan fingerprint density at radius 3 is 2.38 bits per heavy atom. The minimum absolute atomic E-state index is 0.177. The number of esters is 1. The van der Waals surface area contributed by atoms with Crippen LogP contribution in [0.3, 0.4) is 0 Å². The van der Waals surface area contributed by atoms with Gasteiger partial charge in [-0.25, -0.2) is 9.18 Å². The topological polar surface area (TPSA) is 82.8 Å². The van der Waals surface area contributed by atoms with E-state index in [4.69, 9.17) is 9.15 Å². The average molecular weight is 398 g/mol. The highest BCUT2D eigenvalue weighted by atomic mass is 19.1. The summed E-state index contributed by atoms with van der Waals surface area (Å²) >= 11 is 0. The number of rotatable bonds is 6. The fraction of sp³-hybridized carbons (Fsp3) is 0.227. The number of hydrogen-bond donors (Lipinski definition) is 0. The highest BCUT2D eigenvalue weighted by Gasteiger charge is 2.18. The van der Waals surface area contributed by atoms with Crippen molar-refractivity contribution >= 4 is 22.7 Å². The number of benzene rings is 2. The van der Waals surface area contributed by atoms with Gasteiger partial charge in [0.15, 0.2) is 12.4 Å². The Labute approximate surface area is 165 Å². The first kappa shape index (κ1) is 20.3. The third-order valence-electron chi connectivity index (χ3n) is 4.73. The van der Waals surface area contributed by atoms with E-state index in [9.17, 15) is 18.8 Å². The molecule has 6 nitrogen and oxygen atoms in total. The van der Waals surface area contributed by atoms with E-state index in [1.807, 2.05) is 0 Å². The van der Waals surface area contributed by atoms with Gasteiger partial charge >= 0.3 is 11.6 Å². The summed E-state index contributed by atoms with van der Waals surface area (Å²) in [4.78, 5) is 36.1. The maximum absolute atomic E-state index is 13.0. The molecule has 1 aromatic heterocycles. The summed E-state index contributed by atoms with van der Waals surface area (Å²) in [6.45, 7) is 3.19.